The first kappa shape index (κ1) is 9.44. The quantitative estimate of drug-likeness (QED) is 0.647. The summed E-state index contributed by atoms with van der Waals surface area (Å²) >= 11 is 4.71. The van der Waals surface area contributed by atoms with Gasteiger partial charge in [-0.25, -0.2) is 0 Å². The Labute approximate surface area is 64.4 Å². The molecule has 0 radical (unpaired) electrons. The van der Waals surface area contributed by atoms with Crippen LogP contribution in [0.4, 0.5) is 0 Å². The molecule has 0 bridgehead atoms. The summed E-state index contributed by atoms with van der Waals surface area (Å²) in [5.74, 6) is 0. The van der Waals surface area contributed by atoms with E-state index in [0.29, 0.717) is 6.42 Å². The predicted molar refractivity (Wildman–Crippen MR) is 31.7 cm³/mol. The second-order valence-corrected chi connectivity index (χ2v) is 3.18. The van der Waals surface area contributed by atoms with Gasteiger partial charge in [-0.1, -0.05) is 0 Å². The zero-order valence-corrected chi connectivity index (χ0v) is 6.88. The third kappa shape index (κ3) is 4.91. The Morgan fingerprint density at radius 1 is 1.67 bits per heavy atom. The average molecular weight is 181 g/mol. The van der Waals surface area contributed by atoms with E-state index in [1.54, 1.807) is 7.11 Å². The van der Waals surface area contributed by atoms with Crippen molar-refractivity contribution in [2.45, 2.75) is 30.9 Å². The molecule has 0 heterocycles. The zero-order chi connectivity index (χ0) is 7.49. The van der Waals surface area contributed by atoms with Crippen LogP contribution in [0.1, 0.15) is 20.3 Å². The first-order chi connectivity index (χ1) is 3.98. The van der Waals surface area contributed by atoms with Crippen molar-refractivity contribution in [2.75, 3.05) is 7.11 Å². The molecule has 0 rings (SSSR count). The van der Waals surface area contributed by atoms with Gasteiger partial charge in [0.05, 0.1) is 0 Å². The van der Waals surface area contributed by atoms with Gasteiger partial charge < -0.3 is 0 Å². The monoisotopic (exact) mass is 180 g/mol. The molecule has 0 aromatic rings. The second kappa shape index (κ2) is 3.57. The molecule has 0 aliphatic heterocycles. The summed E-state index contributed by atoms with van der Waals surface area (Å²) in [6.45, 7) is 3.78. The normalized spacial score (nSPS) is 15.8. The van der Waals surface area contributed by atoms with E-state index < -0.39 is 5.00 Å². The Morgan fingerprint density at radius 3 is 2.22 bits per heavy atom. The molecule has 3 heteroatoms. The van der Waals surface area contributed by atoms with E-state index in [1.807, 2.05) is 13.8 Å². The van der Waals surface area contributed by atoms with Crippen LogP contribution in [0.2, 0.25) is 0 Å². The van der Waals surface area contributed by atoms with Crippen molar-refractivity contribution in [1.29, 1.82) is 0 Å². The minimum atomic E-state index is -0.715. The summed E-state index contributed by atoms with van der Waals surface area (Å²) in [6.07, 6.45) is 0.490. The van der Waals surface area contributed by atoms with E-state index in [2.05, 4.69) is 0 Å². The van der Waals surface area contributed by atoms with Gasteiger partial charge in [-0.3, -0.25) is 0 Å². The number of hydrogen-bond acceptors (Lipinski definition) is 2. The molecular weight excluding hydrogens is 168 g/mol. The van der Waals surface area contributed by atoms with E-state index >= 15 is 0 Å². The van der Waals surface area contributed by atoms with Gasteiger partial charge in [-0.05, 0) is 0 Å². The van der Waals surface area contributed by atoms with Crippen molar-refractivity contribution in [2.24, 2.45) is 0 Å². The molecule has 0 amide bonds. The third-order valence-electron chi connectivity index (χ3n) is 1.20. The van der Waals surface area contributed by atoms with Crippen molar-refractivity contribution in [3.05, 3.63) is 0 Å². The fourth-order valence-corrected chi connectivity index (χ4v) is 0.914. The SMILES string of the molecule is COC(C)(C)C[CH](O)[Cu]. The van der Waals surface area contributed by atoms with Crippen LogP contribution in [-0.4, -0.2) is 22.8 Å². The van der Waals surface area contributed by atoms with Crippen LogP contribution in [0.15, 0.2) is 0 Å². The first-order valence-corrected chi connectivity index (χ1v) is 3.35. The number of methoxy groups -OCH3 is 1. The average Bonchev–Trinajstić information content (AvgIpc) is 1.63. The molecule has 0 fully saturated rings. The van der Waals surface area contributed by atoms with Crippen LogP contribution < -0.4 is 0 Å². The molecule has 0 aliphatic rings. The molecule has 0 spiro atoms. The fourth-order valence-electron chi connectivity index (χ4n) is 0.451. The van der Waals surface area contributed by atoms with Gasteiger partial charge in [0.2, 0.25) is 0 Å². The van der Waals surface area contributed by atoms with E-state index in [1.165, 1.54) is 0 Å². The van der Waals surface area contributed by atoms with Gasteiger partial charge in [0.15, 0.2) is 0 Å². The van der Waals surface area contributed by atoms with E-state index in [4.69, 9.17) is 25.9 Å². The second-order valence-electron chi connectivity index (χ2n) is 2.55. The van der Waals surface area contributed by atoms with E-state index in [0.717, 1.165) is 0 Å². The Kier molecular flexibility index (Phi) is 3.74. The van der Waals surface area contributed by atoms with E-state index in [-0.39, 0.29) is 5.60 Å². The van der Waals surface area contributed by atoms with Crippen LogP contribution in [0.3, 0.4) is 0 Å². The Balaban J connectivity index is 3.58. The molecule has 2 nitrogen and oxygen atoms in total. The van der Waals surface area contributed by atoms with Gasteiger partial charge in [0.1, 0.15) is 0 Å². The number of aliphatic hydroxyl groups is 1. The maximum absolute atomic E-state index is 8.74. The molecule has 0 aromatic heterocycles. The molecule has 0 saturated carbocycles. The van der Waals surface area contributed by atoms with Crippen LogP contribution in [0, 0.1) is 0 Å². The Morgan fingerprint density at radius 2 is 2.11 bits per heavy atom. The molecule has 0 aliphatic carbocycles. The number of ether oxygens (including phenoxy) is 1. The minimum absolute atomic E-state index is 0.296. The molecular formula is C6H13CuO2. The van der Waals surface area contributed by atoms with Crippen molar-refractivity contribution in [3.63, 3.8) is 0 Å². The topological polar surface area (TPSA) is 29.5 Å². The van der Waals surface area contributed by atoms with Crippen molar-refractivity contribution >= 4 is 0 Å². The number of hydrogen-bond donors (Lipinski definition) is 1. The predicted octanol–water partition coefficient (Wildman–Crippen LogP) is 0.667. The van der Waals surface area contributed by atoms with Crippen LogP contribution in [-0.2, 0) is 20.7 Å². The standard InChI is InChI=1S/C6H13O2.Cu/c1-6(2,8-3)4-5-7;/h5,7H,4H2,1-3H3;. The molecule has 1 atom stereocenters. The van der Waals surface area contributed by atoms with Crippen LogP contribution >= 0.6 is 0 Å². The summed E-state index contributed by atoms with van der Waals surface area (Å²) in [7, 11) is 1.61. The van der Waals surface area contributed by atoms with Crippen molar-refractivity contribution < 1.29 is 25.9 Å². The molecule has 1 N–H and O–H groups in total. The summed E-state index contributed by atoms with van der Waals surface area (Å²) in [4.78, 5) is 0. The van der Waals surface area contributed by atoms with Gasteiger partial charge in [-0.2, -0.15) is 0 Å². The zero-order valence-electron chi connectivity index (χ0n) is 5.94. The summed E-state index contributed by atoms with van der Waals surface area (Å²) in [5.41, 5.74) is -0.296. The molecule has 0 aromatic carbocycles. The summed E-state index contributed by atoms with van der Waals surface area (Å²) in [6, 6.07) is 0. The molecule has 0 saturated heterocycles. The number of aliphatic hydroxyl groups excluding tert-OH is 1. The fraction of sp³-hybridized carbons (Fsp3) is 1.00. The van der Waals surface area contributed by atoms with Crippen LogP contribution in [0.25, 0.3) is 0 Å². The Bertz CT molecular complexity index is 81.1. The van der Waals surface area contributed by atoms with Crippen LogP contribution in [0.5, 0.6) is 0 Å². The van der Waals surface area contributed by atoms with Crippen molar-refractivity contribution in [1.82, 2.24) is 0 Å². The van der Waals surface area contributed by atoms with Gasteiger partial charge >= 0.3 is 63.8 Å². The first-order valence-electron chi connectivity index (χ1n) is 2.81. The molecule has 1 unspecified atom stereocenters. The Hall–Kier alpha value is 0.439. The summed E-state index contributed by atoms with van der Waals surface area (Å²) in [5, 5.41) is 8.03. The van der Waals surface area contributed by atoms with Crippen molar-refractivity contribution in [3.8, 4) is 0 Å². The van der Waals surface area contributed by atoms with E-state index in [9.17, 15) is 0 Å². The van der Waals surface area contributed by atoms with Gasteiger partial charge in [0.25, 0.3) is 0 Å². The summed E-state index contributed by atoms with van der Waals surface area (Å²) < 4.78 is 5.02. The third-order valence-corrected chi connectivity index (χ3v) is 1.39. The van der Waals surface area contributed by atoms with Gasteiger partial charge in [-0.15, -0.1) is 0 Å². The molecule has 60 valence electrons. The number of rotatable bonds is 3. The maximum atomic E-state index is 8.74. The van der Waals surface area contributed by atoms with Gasteiger partial charge in [0, 0.05) is 0 Å². The molecule has 9 heavy (non-hydrogen) atoms.